The van der Waals surface area contributed by atoms with Gasteiger partial charge in [-0.25, -0.2) is 14.4 Å². The van der Waals surface area contributed by atoms with Gasteiger partial charge in [0.15, 0.2) is 0 Å². The second-order valence-corrected chi connectivity index (χ2v) is 7.48. The molecule has 0 spiro atoms. The first-order chi connectivity index (χ1) is 13.3. The third kappa shape index (κ3) is 4.71. The number of nitrogens with one attached hydrogen (secondary N) is 2. The first-order valence-electron chi connectivity index (χ1n) is 9.05. The fourth-order valence-corrected chi connectivity index (χ4v) is 2.80. The maximum atomic E-state index is 13.7. The summed E-state index contributed by atoms with van der Waals surface area (Å²) in [6.07, 6.45) is 2.87. The van der Waals surface area contributed by atoms with Crippen LogP contribution in [-0.4, -0.2) is 15.9 Å². The lowest BCUT2D eigenvalue weighted by molar-refractivity contribution is 0.102. The quantitative estimate of drug-likeness (QED) is 0.671. The number of benzene rings is 2. The molecule has 144 valence electrons. The number of hydrogen-bond acceptors (Lipinski definition) is 4. The Bertz CT molecular complexity index is 965. The zero-order chi connectivity index (χ0) is 20.1. The number of halogens is 1. The molecule has 0 unspecified atom stereocenters. The van der Waals surface area contributed by atoms with Crippen LogP contribution in [0.2, 0.25) is 0 Å². The van der Waals surface area contributed by atoms with Crippen LogP contribution < -0.4 is 10.6 Å². The van der Waals surface area contributed by atoms with Crippen LogP contribution in [0.25, 0.3) is 0 Å². The van der Waals surface area contributed by atoms with Gasteiger partial charge in [0.2, 0.25) is 0 Å². The van der Waals surface area contributed by atoms with Gasteiger partial charge in [-0.3, -0.25) is 4.79 Å². The van der Waals surface area contributed by atoms with Gasteiger partial charge in [-0.05, 0) is 23.1 Å². The number of aromatic nitrogens is 2. The van der Waals surface area contributed by atoms with E-state index in [1.165, 1.54) is 18.5 Å². The van der Waals surface area contributed by atoms with Crippen molar-refractivity contribution in [2.24, 2.45) is 0 Å². The molecule has 1 heterocycles. The number of para-hydroxylation sites is 1. The Morgan fingerprint density at radius 2 is 1.71 bits per heavy atom. The topological polar surface area (TPSA) is 66.9 Å². The maximum absolute atomic E-state index is 13.7. The number of carbonyl (C=O) groups excluding carboxylic acids is 1. The summed E-state index contributed by atoms with van der Waals surface area (Å²) < 4.78 is 13.7. The fourth-order valence-electron chi connectivity index (χ4n) is 2.80. The molecular weight excluding hydrogens is 355 g/mol. The molecule has 0 aliphatic carbocycles. The predicted octanol–water partition coefficient (Wildman–Crippen LogP) is 4.78. The van der Waals surface area contributed by atoms with Gasteiger partial charge in [-0.15, -0.1) is 0 Å². The van der Waals surface area contributed by atoms with Crippen molar-refractivity contribution in [3.05, 3.63) is 83.6 Å². The van der Waals surface area contributed by atoms with E-state index in [1.807, 2.05) is 24.3 Å². The zero-order valence-corrected chi connectivity index (χ0v) is 16.2. The molecule has 3 aromatic rings. The van der Waals surface area contributed by atoms with E-state index in [4.69, 9.17) is 0 Å². The Hall–Kier alpha value is -3.28. The summed E-state index contributed by atoms with van der Waals surface area (Å²) in [5, 5.41) is 5.91. The first-order valence-corrected chi connectivity index (χ1v) is 9.05. The van der Waals surface area contributed by atoms with E-state index in [9.17, 15) is 9.18 Å². The lowest BCUT2D eigenvalue weighted by Gasteiger charge is -2.22. The monoisotopic (exact) mass is 378 g/mol. The summed E-state index contributed by atoms with van der Waals surface area (Å²) in [6.45, 7) is 6.56. The highest BCUT2D eigenvalue weighted by Gasteiger charge is 2.19. The van der Waals surface area contributed by atoms with Crippen molar-refractivity contribution < 1.29 is 9.18 Å². The number of hydrogen-bond donors (Lipinski definition) is 2. The molecule has 0 atom stereocenters. The molecule has 1 amide bonds. The highest BCUT2D eigenvalue weighted by Crippen LogP contribution is 2.29. The Morgan fingerprint density at radius 1 is 1.00 bits per heavy atom. The highest BCUT2D eigenvalue weighted by molar-refractivity contribution is 6.03. The Labute approximate surface area is 164 Å². The van der Waals surface area contributed by atoms with Gasteiger partial charge in [0.1, 0.15) is 17.3 Å². The van der Waals surface area contributed by atoms with Gasteiger partial charge in [-0.1, -0.05) is 57.2 Å². The summed E-state index contributed by atoms with van der Waals surface area (Å²) in [4.78, 5) is 20.9. The Kier molecular flexibility index (Phi) is 5.68. The zero-order valence-electron chi connectivity index (χ0n) is 16.2. The molecular formula is C22H23FN4O. The third-order valence-electron chi connectivity index (χ3n) is 4.29. The molecule has 1 aromatic heterocycles. The summed E-state index contributed by atoms with van der Waals surface area (Å²) in [7, 11) is 0. The van der Waals surface area contributed by atoms with Crippen molar-refractivity contribution in [1.29, 1.82) is 0 Å². The van der Waals surface area contributed by atoms with Crippen molar-refractivity contribution in [2.45, 2.75) is 32.7 Å². The minimum Gasteiger partial charge on any atom is -0.365 e. The van der Waals surface area contributed by atoms with E-state index >= 15 is 0 Å². The third-order valence-corrected chi connectivity index (χ3v) is 4.29. The van der Waals surface area contributed by atoms with Gasteiger partial charge >= 0.3 is 0 Å². The molecule has 6 heteroatoms. The minimum atomic E-state index is -0.329. The largest absolute Gasteiger partial charge is 0.365 e. The van der Waals surface area contributed by atoms with Crippen molar-refractivity contribution >= 4 is 17.4 Å². The number of carbonyl (C=O) groups is 1. The van der Waals surface area contributed by atoms with E-state index in [0.29, 0.717) is 11.4 Å². The van der Waals surface area contributed by atoms with Crippen LogP contribution in [0.1, 0.15) is 42.4 Å². The number of nitrogens with zero attached hydrogens (tertiary/aromatic N) is 2. The Morgan fingerprint density at radius 3 is 2.39 bits per heavy atom. The number of rotatable bonds is 5. The molecule has 5 nitrogen and oxygen atoms in total. The predicted molar refractivity (Wildman–Crippen MR) is 109 cm³/mol. The summed E-state index contributed by atoms with van der Waals surface area (Å²) in [6, 6.07) is 14.2. The molecule has 0 saturated heterocycles. The van der Waals surface area contributed by atoms with Crippen molar-refractivity contribution in [3.63, 3.8) is 0 Å². The molecule has 0 aliphatic heterocycles. The molecule has 0 bridgehead atoms. The van der Waals surface area contributed by atoms with Crippen LogP contribution in [0.3, 0.4) is 0 Å². The van der Waals surface area contributed by atoms with E-state index in [0.717, 1.165) is 11.3 Å². The van der Waals surface area contributed by atoms with Crippen LogP contribution in [0.5, 0.6) is 0 Å². The van der Waals surface area contributed by atoms with Crippen LogP contribution >= 0.6 is 0 Å². The Balaban J connectivity index is 1.67. The maximum Gasteiger partial charge on any atom is 0.275 e. The lowest BCUT2D eigenvalue weighted by atomic mass is 9.86. The van der Waals surface area contributed by atoms with Gasteiger partial charge in [0.05, 0.1) is 12.4 Å². The van der Waals surface area contributed by atoms with Crippen molar-refractivity contribution in [2.75, 3.05) is 10.6 Å². The van der Waals surface area contributed by atoms with E-state index < -0.39 is 0 Å². The van der Waals surface area contributed by atoms with E-state index in [2.05, 4.69) is 41.4 Å². The average molecular weight is 378 g/mol. The van der Waals surface area contributed by atoms with Crippen LogP contribution in [0, 0.1) is 5.82 Å². The van der Waals surface area contributed by atoms with Gasteiger partial charge in [0, 0.05) is 17.8 Å². The second-order valence-electron chi connectivity index (χ2n) is 7.48. The lowest BCUT2D eigenvalue weighted by Crippen LogP contribution is -2.19. The second kappa shape index (κ2) is 8.17. The van der Waals surface area contributed by atoms with Gasteiger partial charge < -0.3 is 10.6 Å². The van der Waals surface area contributed by atoms with Crippen LogP contribution in [0.4, 0.5) is 15.9 Å². The fraction of sp³-hybridized carbons (Fsp3) is 0.227. The highest BCUT2D eigenvalue weighted by atomic mass is 19.1. The number of anilines is 2. The molecule has 2 N–H and O–H groups in total. The normalized spacial score (nSPS) is 11.1. The van der Waals surface area contributed by atoms with Crippen LogP contribution in [0.15, 0.2) is 60.9 Å². The SMILES string of the molecule is CC(C)(C)c1ccccc1NC(=O)c1cnc(NCc2ccccc2F)cn1. The van der Waals surface area contributed by atoms with Crippen LogP contribution in [-0.2, 0) is 12.0 Å². The molecule has 0 aliphatic rings. The summed E-state index contributed by atoms with van der Waals surface area (Å²) in [5.41, 5.74) is 2.43. The van der Waals surface area contributed by atoms with Crippen molar-refractivity contribution in [3.8, 4) is 0 Å². The molecule has 3 rings (SSSR count). The van der Waals surface area contributed by atoms with E-state index in [1.54, 1.807) is 18.2 Å². The van der Waals surface area contributed by atoms with Gasteiger partial charge in [-0.2, -0.15) is 0 Å². The molecule has 0 fully saturated rings. The summed E-state index contributed by atoms with van der Waals surface area (Å²) in [5.74, 6) is -0.142. The molecule has 0 radical (unpaired) electrons. The van der Waals surface area contributed by atoms with E-state index in [-0.39, 0.29) is 29.4 Å². The smallest absolute Gasteiger partial charge is 0.275 e. The van der Waals surface area contributed by atoms with Crippen molar-refractivity contribution in [1.82, 2.24) is 9.97 Å². The summed E-state index contributed by atoms with van der Waals surface area (Å²) >= 11 is 0. The standard InChI is InChI=1S/C22H23FN4O/c1-22(2,3)16-9-5-7-11-18(16)27-21(28)19-13-26-20(14-24-19)25-12-15-8-4-6-10-17(15)23/h4-11,13-14H,12H2,1-3H3,(H,25,26)(H,27,28). The van der Waals surface area contributed by atoms with Gasteiger partial charge in [0.25, 0.3) is 5.91 Å². The number of amides is 1. The average Bonchev–Trinajstić information content (AvgIpc) is 2.67. The molecule has 0 saturated carbocycles. The molecule has 2 aromatic carbocycles. The molecule has 28 heavy (non-hydrogen) atoms. The first kappa shape index (κ1) is 19.5. The minimum absolute atomic E-state index is 0.101.